The molecule has 1 rings (SSSR count). The number of carbonyl (C=O) groups excluding carboxylic acids is 1. The van der Waals surface area contributed by atoms with E-state index in [1.54, 1.807) is 0 Å². The maximum atomic E-state index is 11.4. The molecule has 6 nitrogen and oxygen atoms in total. The molecule has 1 amide bonds. The van der Waals surface area contributed by atoms with Gasteiger partial charge in [-0.1, -0.05) is 0 Å². The highest BCUT2D eigenvalue weighted by Gasteiger charge is 2.31. The van der Waals surface area contributed by atoms with Crippen molar-refractivity contribution in [3.63, 3.8) is 0 Å². The Morgan fingerprint density at radius 1 is 1.86 bits per heavy atom. The highest BCUT2D eigenvalue weighted by molar-refractivity contribution is 5.81. The number of nitrogens with two attached hydrogens (primary N) is 1. The van der Waals surface area contributed by atoms with E-state index in [2.05, 4.69) is 5.43 Å². The summed E-state index contributed by atoms with van der Waals surface area (Å²) in [5, 5.41) is 9.33. The summed E-state index contributed by atoms with van der Waals surface area (Å²) in [5.41, 5.74) is 2.10. The van der Waals surface area contributed by atoms with Crippen LogP contribution in [0.3, 0.4) is 0 Å². The molecule has 0 radical (unpaired) electrons. The third-order valence-electron chi connectivity index (χ3n) is 2.41. The lowest BCUT2D eigenvalue weighted by Crippen LogP contribution is -2.50. The zero-order chi connectivity index (χ0) is 10.6. The van der Waals surface area contributed by atoms with Crippen molar-refractivity contribution in [3.8, 4) is 0 Å². The van der Waals surface area contributed by atoms with Gasteiger partial charge in [0.2, 0.25) is 0 Å². The van der Waals surface area contributed by atoms with Crippen molar-refractivity contribution in [2.75, 3.05) is 26.8 Å². The average Bonchev–Trinajstić information content (AvgIpc) is 2.60. The number of hydrogen-bond donors (Lipinski definition) is 3. The minimum Gasteiger partial charge on any atom is -0.392 e. The van der Waals surface area contributed by atoms with E-state index in [0.717, 1.165) is 0 Å². The van der Waals surface area contributed by atoms with E-state index >= 15 is 0 Å². The molecular formula is C8H17N3O3. The van der Waals surface area contributed by atoms with Crippen LogP contribution in [0.15, 0.2) is 0 Å². The monoisotopic (exact) mass is 203 g/mol. The van der Waals surface area contributed by atoms with Crippen molar-refractivity contribution in [1.29, 1.82) is 0 Å². The molecule has 1 aliphatic heterocycles. The van der Waals surface area contributed by atoms with Crippen LogP contribution in [0.5, 0.6) is 0 Å². The standard InChI is InChI=1S/C8H17N3O3/c1-14-5-7(8(13)10-9)11-3-2-6(12)4-11/h6-7,12H,2-5,9H2,1H3,(H,10,13). The van der Waals surface area contributed by atoms with Crippen molar-refractivity contribution in [3.05, 3.63) is 0 Å². The summed E-state index contributed by atoms with van der Waals surface area (Å²) in [6.45, 7) is 1.49. The van der Waals surface area contributed by atoms with Crippen LogP contribution in [0.4, 0.5) is 0 Å². The smallest absolute Gasteiger partial charge is 0.253 e. The van der Waals surface area contributed by atoms with Gasteiger partial charge in [-0.15, -0.1) is 0 Å². The topological polar surface area (TPSA) is 87.8 Å². The fourth-order valence-corrected chi connectivity index (χ4v) is 1.65. The van der Waals surface area contributed by atoms with Gasteiger partial charge in [-0.25, -0.2) is 5.84 Å². The molecule has 0 aromatic carbocycles. The first-order chi connectivity index (χ1) is 6.69. The van der Waals surface area contributed by atoms with E-state index in [-0.39, 0.29) is 18.6 Å². The second-order valence-corrected chi connectivity index (χ2v) is 3.42. The first-order valence-electron chi connectivity index (χ1n) is 4.60. The zero-order valence-electron chi connectivity index (χ0n) is 8.27. The first kappa shape index (κ1) is 11.4. The number of hydrogen-bond acceptors (Lipinski definition) is 5. The Hall–Kier alpha value is -0.690. The summed E-state index contributed by atoms with van der Waals surface area (Å²) < 4.78 is 4.93. The fourth-order valence-electron chi connectivity index (χ4n) is 1.65. The van der Waals surface area contributed by atoms with E-state index in [1.165, 1.54) is 7.11 Å². The SMILES string of the molecule is COCC(C(=O)NN)N1CCC(O)C1. The quantitative estimate of drug-likeness (QED) is 0.281. The Bertz CT molecular complexity index is 200. The molecule has 0 saturated carbocycles. The van der Waals surface area contributed by atoms with E-state index in [9.17, 15) is 9.90 Å². The number of amides is 1. The number of nitrogens with one attached hydrogen (secondary N) is 1. The Labute approximate surface area is 83.0 Å². The van der Waals surface area contributed by atoms with Gasteiger partial charge >= 0.3 is 0 Å². The lowest BCUT2D eigenvalue weighted by molar-refractivity contribution is -0.128. The summed E-state index contributed by atoms with van der Waals surface area (Å²) in [6, 6.07) is -0.401. The highest BCUT2D eigenvalue weighted by atomic mass is 16.5. The number of carbonyl (C=O) groups is 1. The van der Waals surface area contributed by atoms with E-state index in [1.807, 2.05) is 4.90 Å². The molecule has 0 aromatic rings. The summed E-state index contributed by atoms with van der Waals surface area (Å²) >= 11 is 0. The molecule has 1 heterocycles. The van der Waals surface area contributed by atoms with Gasteiger partial charge in [0.05, 0.1) is 12.7 Å². The van der Waals surface area contributed by atoms with Crippen LogP contribution in [0.2, 0.25) is 0 Å². The summed E-state index contributed by atoms with van der Waals surface area (Å²) in [4.78, 5) is 13.2. The van der Waals surface area contributed by atoms with Crippen LogP contribution in [0.25, 0.3) is 0 Å². The number of aliphatic hydroxyl groups is 1. The van der Waals surface area contributed by atoms with Gasteiger partial charge in [-0.05, 0) is 6.42 Å². The number of likely N-dealkylation sites (tertiary alicyclic amines) is 1. The predicted octanol–water partition coefficient (Wildman–Crippen LogP) is -1.94. The number of ether oxygens (including phenoxy) is 1. The Morgan fingerprint density at radius 3 is 3.00 bits per heavy atom. The van der Waals surface area contributed by atoms with Crippen molar-refractivity contribution >= 4 is 5.91 Å². The number of aliphatic hydroxyl groups excluding tert-OH is 1. The van der Waals surface area contributed by atoms with Gasteiger partial charge in [0.25, 0.3) is 5.91 Å². The normalized spacial score (nSPS) is 24.9. The molecule has 2 unspecified atom stereocenters. The molecule has 14 heavy (non-hydrogen) atoms. The number of β-amino-alcohol motifs (C(OH)–C–C–N with tert-alkyl or cyclic N) is 1. The van der Waals surface area contributed by atoms with Gasteiger partial charge in [-0.3, -0.25) is 15.1 Å². The van der Waals surface area contributed by atoms with Gasteiger partial charge in [0.15, 0.2) is 0 Å². The van der Waals surface area contributed by atoms with Crippen molar-refractivity contribution < 1.29 is 14.6 Å². The van der Waals surface area contributed by atoms with Crippen molar-refractivity contribution in [2.24, 2.45) is 5.84 Å². The molecule has 1 saturated heterocycles. The Kier molecular flexibility index (Phi) is 4.27. The van der Waals surface area contributed by atoms with Crippen LogP contribution in [0, 0.1) is 0 Å². The number of methoxy groups -OCH3 is 1. The first-order valence-corrected chi connectivity index (χ1v) is 4.60. The van der Waals surface area contributed by atoms with E-state index in [0.29, 0.717) is 19.5 Å². The molecule has 82 valence electrons. The summed E-state index contributed by atoms with van der Waals surface area (Å²) in [7, 11) is 1.53. The maximum Gasteiger partial charge on any atom is 0.253 e. The third-order valence-corrected chi connectivity index (χ3v) is 2.41. The van der Waals surface area contributed by atoms with Crippen LogP contribution in [0.1, 0.15) is 6.42 Å². The minimum atomic E-state index is -0.401. The second-order valence-electron chi connectivity index (χ2n) is 3.42. The maximum absolute atomic E-state index is 11.4. The predicted molar refractivity (Wildman–Crippen MR) is 50.2 cm³/mol. The molecule has 0 spiro atoms. The molecule has 4 N–H and O–H groups in total. The van der Waals surface area contributed by atoms with Gasteiger partial charge in [0.1, 0.15) is 6.04 Å². The highest BCUT2D eigenvalue weighted by Crippen LogP contribution is 2.12. The van der Waals surface area contributed by atoms with Gasteiger partial charge in [0, 0.05) is 20.2 Å². The molecule has 1 fully saturated rings. The molecule has 2 atom stereocenters. The van der Waals surface area contributed by atoms with Crippen molar-refractivity contribution in [2.45, 2.75) is 18.6 Å². The Balaban J connectivity index is 2.53. The fraction of sp³-hybridized carbons (Fsp3) is 0.875. The third kappa shape index (κ3) is 2.65. The molecule has 0 aromatic heterocycles. The number of rotatable bonds is 4. The average molecular weight is 203 g/mol. The molecule has 0 aliphatic carbocycles. The lowest BCUT2D eigenvalue weighted by atomic mass is 10.2. The second kappa shape index (κ2) is 5.26. The van der Waals surface area contributed by atoms with Crippen LogP contribution >= 0.6 is 0 Å². The van der Waals surface area contributed by atoms with E-state index < -0.39 is 6.04 Å². The minimum absolute atomic E-state index is 0.277. The van der Waals surface area contributed by atoms with Crippen molar-refractivity contribution in [1.82, 2.24) is 10.3 Å². The number of hydrazine groups is 1. The molecule has 1 aliphatic rings. The lowest BCUT2D eigenvalue weighted by Gasteiger charge is -2.24. The summed E-state index contributed by atoms with van der Waals surface area (Å²) in [5.74, 6) is 4.78. The van der Waals surface area contributed by atoms with Gasteiger partial charge < -0.3 is 9.84 Å². The Morgan fingerprint density at radius 2 is 2.57 bits per heavy atom. The van der Waals surface area contributed by atoms with E-state index in [4.69, 9.17) is 10.6 Å². The zero-order valence-corrected chi connectivity index (χ0v) is 8.27. The number of nitrogens with zero attached hydrogens (tertiary/aromatic N) is 1. The van der Waals surface area contributed by atoms with Crippen LogP contribution in [-0.4, -0.2) is 54.9 Å². The molecular weight excluding hydrogens is 186 g/mol. The van der Waals surface area contributed by atoms with Crippen LogP contribution in [-0.2, 0) is 9.53 Å². The van der Waals surface area contributed by atoms with Crippen LogP contribution < -0.4 is 11.3 Å². The molecule has 6 heteroatoms. The summed E-state index contributed by atoms with van der Waals surface area (Å²) in [6.07, 6.45) is 0.345. The van der Waals surface area contributed by atoms with Gasteiger partial charge in [-0.2, -0.15) is 0 Å². The largest absolute Gasteiger partial charge is 0.392 e. The molecule has 0 bridgehead atoms.